The van der Waals surface area contributed by atoms with Crippen molar-refractivity contribution in [3.8, 4) is 0 Å². The second kappa shape index (κ2) is 6.39. The lowest BCUT2D eigenvalue weighted by Gasteiger charge is -2.12. The second-order valence-electron chi connectivity index (χ2n) is 4.97. The molecule has 0 atom stereocenters. The minimum Gasteiger partial charge on any atom is -0.465 e. The van der Waals surface area contributed by atoms with Gasteiger partial charge in [-0.25, -0.2) is 9.18 Å². The molecule has 0 saturated carbocycles. The van der Waals surface area contributed by atoms with E-state index in [1.165, 1.54) is 13.2 Å². The molecule has 4 heteroatoms. The van der Waals surface area contributed by atoms with E-state index < -0.39 is 0 Å². The number of carbonyl (C=O) groups is 1. The topological polar surface area (TPSA) is 38.3 Å². The zero-order valence-corrected chi connectivity index (χ0v) is 12.4. The molecular weight excluding hydrogens is 269 g/mol. The van der Waals surface area contributed by atoms with Crippen LogP contribution in [-0.2, 0) is 11.3 Å². The first kappa shape index (κ1) is 15.0. The van der Waals surface area contributed by atoms with Crippen LogP contribution < -0.4 is 5.32 Å². The Kier molecular flexibility index (Phi) is 4.58. The van der Waals surface area contributed by atoms with Crippen LogP contribution in [0.3, 0.4) is 0 Å². The van der Waals surface area contributed by atoms with Crippen molar-refractivity contribution in [2.24, 2.45) is 0 Å². The van der Waals surface area contributed by atoms with E-state index in [1.807, 2.05) is 26.0 Å². The molecule has 0 amide bonds. The smallest absolute Gasteiger partial charge is 0.337 e. The van der Waals surface area contributed by atoms with Crippen molar-refractivity contribution in [3.63, 3.8) is 0 Å². The third-order valence-electron chi connectivity index (χ3n) is 3.33. The molecule has 0 saturated heterocycles. The number of hydrogen-bond donors (Lipinski definition) is 1. The van der Waals surface area contributed by atoms with Crippen molar-refractivity contribution in [1.29, 1.82) is 0 Å². The number of ether oxygens (including phenoxy) is 1. The van der Waals surface area contributed by atoms with Crippen LogP contribution in [0.4, 0.5) is 10.1 Å². The lowest BCUT2D eigenvalue weighted by molar-refractivity contribution is 0.0601. The van der Waals surface area contributed by atoms with Crippen LogP contribution >= 0.6 is 0 Å². The zero-order valence-electron chi connectivity index (χ0n) is 12.4. The quantitative estimate of drug-likeness (QED) is 0.868. The molecule has 1 N–H and O–H groups in total. The van der Waals surface area contributed by atoms with E-state index in [0.29, 0.717) is 17.7 Å². The third kappa shape index (κ3) is 3.60. The van der Waals surface area contributed by atoms with E-state index in [9.17, 15) is 9.18 Å². The zero-order chi connectivity index (χ0) is 15.4. The Balaban J connectivity index is 2.19. The molecule has 2 aromatic carbocycles. The number of aryl methyl sites for hydroxylation is 2. The highest BCUT2D eigenvalue weighted by molar-refractivity contribution is 5.90. The SMILES string of the molecule is COC(=O)c1ccc(C)c(NCc2cc(C)ccc2F)c1. The molecule has 0 aliphatic rings. The van der Waals surface area contributed by atoms with Gasteiger partial charge in [0.25, 0.3) is 0 Å². The molecule has 0 aliphatic carbocycles. The van der Waals surface area contributed by atoms with E-state index in [4.69, 9.17) is 4.74 Å². The van der Waals surface area contributed by atoms with E-state index in [2.05, 4.69) is 5.32 Å². The molecule has 0 aliphatic heterocycles. The molecule has 0 spiro atoms. The fourth-order valence-electron chi connectivity index (χ4n) is 2.09. The Labute approximate surface area is 123 Å². The van der Waals surface area contributed by atoms with Gasteiger partial charge in [-0.1, -0.05) is 23.8 Å². The van der Waals surface area contributed by atoms with Crippen molar-refractivity contribution in [1.82, 2.24) is 0 Å². The number of benzene rings is 2. The molecule has 0 fully saturated rings. The number of carbonyl (C=O) groups excluding carboxylic acids is 1. The van der Waals surface area contributed by atoms with Crippen molar-refractivity contribution < 1.29 is 13.9 Å². The van der Waals surface area contributed by atoms with Gasteiger partial charge in [0.1, 0.15) is 5.82 Å². The Morgan fingerprint density at radius 3 is 2.67 bits per heavy atom. The van der Waals surface area contributed by atoms with Crippen LogP contribution in [0.1, 0.15) is 27.0 Å². The largest absolute Gasteiger partial charge is 0.465 e. The molecule has 0 unspecified atom stereocenters. The van der Waals surface area contributed by atoms with E-state index in [-0.39, 0.29) is 11.8 Å². The third-order valence-corrected chi connectivity index (χ3v) is 3.33. The van der Waals surface area contributed by atoms with Crippen molar-refractivity contribution in [3.05, 3.63) is 64.5 Å². The monoisotopic (exact) mass is 287 g/mol. The molecular formula is C17H18FNO2. The number of methoxy groups -OCH3 is 1. The summed E-state index contributed by atoms with van der Waals surface area (Å²) in [5, 5.41) is 3.17. The van der Waals surface area contributed by atoms with Crippen LogP contribution in [0, 0.1) is 19.7 Å². The second-order valence-corrected chi connectivity index (χ2v) is 4.97. The number of anilines is 1. The van der Waals surface area contributed by atoms with Crippen molar-refractivity contribution in [2.45, 2.75) is 20.4 Å². The Hall–Kier alpha value is -2.36. The molecule has 3 nitrogen and oxygen atoms in total. The maximum absolute atomic E-state index is 13.7. The number of halogens is 1. The maximum Gasteiger partial charge on any atom is 0.337 e. The lowest BCUT2D eigenvalue weighted by Crippen LogP contribution is -2.06. The summed E-state index contributed by atoms with van der Waals surface area (Å²) in [6.45, 7) is 4.21. The summed E-state index contributed by atoms with van der Waals surface area (Å²) < 4.78 is 18.4. The highest BCUT2D eigenvalue weighted by atomic mass is 19.1. The van der Waals surface area contributed by atoms with Crippen LogP contribution in [0.2, 0.25) is 0 Å². The number of hydrogen-bond acceptors (Lipinski definition) is 3. The summed E-state index contributed by atoms with van der Waals surface area (Å²) in [4.78, 5) is 11.5. The van der Waals surface area contributed by atoms with Crippen LogP contribution in [0.25, 0.3) is 0 Å². The molecule has 21 heavy (non-hydrogen) atoms. The van der Waals surface area contributed by atoms with E-state index in [0.717, 1.165) is 16.8 Å². The van der Waals surface area contributed by atoms with E-state index >= 15 is 0 Å². The molecule has 2 aromatic rings. The van der Waals surface area contributed by atoms with Gasteiger partial charge in [-0.3, -0.25) is 0 Å². The molecule has 110 valence electrons. The van der Waals surface area contributed by atoms with Crippen LogP contribution in [0.15, 0.2) is 36.4 Å². The van der Waals surface area contributed by atoms with E-state index in [1.54, 1.807) is 18.2 Å². The summed E-state index contributed by atoms with van der Waals surface area (Å²) in [6, 6.07) is 10.3. The standard InChI is InChI=1S/C17H18FNO2/c1-11-4-7-15(18)14(8-11)10-19-16-9-13(17(20)21-3)6-5-12(16)2/h4-9,19H,10H2,1-3H3. The maximum atomic E-state index is 13.7. The van der Waals surface area contributed by atoms with Crippen LogP contribution in [-0.4, -0.2) is 13.1 Å². The summed E-state index contributed by atoms with van der Waals surface area (Å²) in [7, 11) is 1.34. The Bertz CT molecular complexity index is 668. The van der Waals surface area contributed by atoms with Gasteiger partial charge in [-0.15, -0.1) is 0 Å². The lowest BCUT2D eigenvalue weighted by atomic mass is 10.1. The molecule has 0 radical (unpaired) electrons. The molecule has 2 rings (SSSR count). The first-order chi connectivity index (χ1) is 10.0. The van der Waals surface area contributed by atoms with Gasteiger partial charge in [0, 0.05) is 17.8 Å². The van der Waals surface area contributed by atoms with Gasteiger partial charge in [0.15, 0.2) is 0 Å². The molecule has 0 aromatic heterocycles. The Morgan fingerprint density at radius 1 is 1.19 bits per heavy atom. The summed E-state index contributed by atoms with van der Waals surface area (Å²) in [5.41, 5.74) is 3.84. The Morgan fingerprint density at radius 2 is 1.95 bits per heavy atom. The summed E-state index contributed by atoms with van der Waals surface area (Å²) >= 11 is 0. The predicted molar refractivity (Wildman–Crippen MR) is 81.0 cm³/mol. The summed E-state index contributed by atoms with van der Waals surface area (Å²) in [6.07, 6.45) is 0. The molecule has 0 heterocycles. The van der Waals surface area contributed by atoms with Gasteiger partial charge >= 0.3 is 5.97 Å². The van der Waals surface area contributed by atoms with Gasteiger partial charge < -0.3 is 10.1 Å². The fraction of sp³-hybridized carbons (Fsp3) is 0.235. The normalized spacial score (nSPS) is 10.3. The highest BCUT2D eigenvalue weighted by Crippen LogP contribution is 2.19. The van der Waals surface area contributed by atoms with Gasteiger partial charge in [-0.2, -0.15) is 0 Å². The van der Waals surface area contributed by atoms with Crippen molar-refractivity contribution in [2.75, 3.05) is 12.4 Å². The average Bonchev–Trinajstić information content (AvgIpc) is 2.48. The van der Waals surface area contributed by atoms with Crippen molar-refractivity contribution >= 4 is 11.7 Å². The first-order valence-corrected chi connectivity index (χ1v) is 6.69. The van der Waals surface area contributed by atoms with Gasteiger partial charge in [0.05, 0.1) is 12.7 Å². The number of esters is 1. The number of rotatable bonds is 4. The fourth-order valence-corrected chi connectivity index (χ4v) is 2.09. The minimum atomic E-state index is -0.389. The van der Waals surface area contributed by atoms with Gasteiger partial charge in [-0.05, 0) is 37.6 Å². The first-order valence-electron chi connectivity index (χ1n) is 6.69. The highest BCUT2D eigenvalue weighted by Gasteiger charge is 2.09. The molecule has 0 bridgehead atoms. The van der Waals surface area contributed by atoms with Gasteiger partial charge in [0.2, 0.25) is 0 Å². The predicted octanol–water partition coefficient (Wildman–Crippen LogP) is 3.84. The summed E-state index contributed by atoms with van der Waals surface area (Å²) in [5.74, 6) is -0.630. The van der Waals surface area contributed by atoms with Crippen LogP contribution in [0.5, 0.6) is 0 Å². The average molecular weight is 287 g/mol. The number of nitrogens with one attached hydrogen (secondary N) is 1. The minimum absolute atomic E-state index is 0.241.